The lowest BCUT2D eigenvalue weighted by Crippen LogP contribution is -2.54. The zero-order chi connectivity index (χ0) is 19.4. The van der Waals surface area contributed by atoms with Gasteiger partial charge in [0.1, 0.15) is 0 Å². The summed E-state index contributed by atoms with van der Waals surface area (Å²) < 4.78 is 0. The Kier molecular flexibility index (Phi) is 5.07. The molecule has 0 heterocycles. The van der Waals surface area contributed by atoms with Gasteiger partial charge in [-0.05, 0) is 111 Å². The van der Waals surface area contributed by atoms with Gasteiger partial charge < -0.3 is 10.8 Å². The lowest BCUT2D eigenvalue weighted by atomic mass is 9.44. The quantitative estimate of drug-likeness (QED) is 0.374. The molecule has 0 saturated heterocycles. The summed E-state index contributed by atoms with van der Waals surface area (Å²) in [7, 11) is 0. The molecule has 0 aromatic heterocycles. The van der Waals surface area contributed by atoms with Crippen molar-refractivity contribution < 1.29 is 5.11 Å². The van der Waals surface area contributed by atoms with E-state index < -0.39 is 0 Å². The monoisotopic (exact) mass is 391 g/mol. The maximum Gasteiger partial charge on any atom is 0.184 e. The van der Waals surface area contributed by atoms with E-state index in [1.807, 2.05) is 0 Å². The summed E-state index contributed by atoms with van der Waals surface area (Å²) in [5, 5.41) is 15.0. The summed E-state index contributed by atoms with van der Waals surface area (Å²) in [5.41, 5.74) is 10.4. The number of thiocarbonyl (C=S) groups is 1. The summed E-state index contributed by atoms with van der Waals surface area (Å²) in [6.45, 7) is 7.25. The maximum atomic E-state index is 10.2. The van der Waals surface area contributed by atoms with Crippen LogP contribution < -0.4 is 11.2 Å². The fraction of sp³-hybridized carbons (Fsp3) is 0.909. The van der Waals surface area contributed by atoms with Gasteiger partial charge in [0.15, 0.2) is 5.11 Å². The van der Waals surface area contributed by atoms with Crippen LogP contribution in [0.15, 0.2) is 5.10 Å². The fourth-order valence-corrected chi connectivity index (χ4v) is 8.19. The first-order chi connectivity index (χ1) is 12.8. The first-order valence-corrected chi connectivity index (χ1v) is 11.4. The van der Waals surface area contributed by atoms with Crippen molar-refractivity contribution in [1.82, 2.24) is 5.43 Å². The van der Waals surface area contributed by atoms with Crippen LogP contribution >= 0.6 is 12.2 Å². The van der Waals surface area contributed by atoms with Crippen molar-refractivity contribution in [1.29, 1.82) is 0 Å². The summed E-state index contributed by atoms with van der Waals surface area (Å²) >= 11 is 4.92. The van der Waals surface area contributed by atoms with Gasteiger partial charge in [0.05, 0.1) is 6.10 Å². The number of nitrogens with two attached hydrogens (primary N) is 1. The third kappa shape index (κ3) is 3.13. The van der Waals surface area contributed by atoms with Crippen molar-refractivity contribution in [2.24, 2.45) is 51.3 Å². The molecule has 8 atom stereocenters. The number of hydrogen-bond acceptors (Lipinski definition) is 3. The number of nitrogens with one attached hydrogen (secondary N) is 1. The molecule has 4 saturated carbocycles. The Labute approximate surface area is 169 Å². The fourth-order valence-electron chi connectivity index (χ4n) is 8.14. The minimum absolute atomic E-state index is 0.0515. The van der Waals surface area contributed by atoms with Gasteiger partial charge in [-0.2, -0.15) is 5.10 Å². The van der Waals surface area contributed by atoms with E-state index in [2.05, 4.69) is 31.3 Å². The van der Waals surface area contributed by atoms with E-state index in [1.54, 1.807) is 0 Å². The molecule has 0 aromatic rings. The highest BCUT2D eigenvalue weighted by molar-refractivity contribution is 7.80. The van der Waals surface area contributed by atoms with Crippen LogP contribution in [0.3, 0.4) is 0 Å². The molecular formula is C22H37N3OS. The van der Waals surface area contributed by atoms with E-state index in [4.69, 9.17) is 18.0 Å². The van der Waals surface area contributed by atoms with E-state index >= 15 is 0 Å². The van der Waals surface area contributed by atoms with Gasteiger partial charge in [-0.15, -0.1) is 0 Å². The highest BCUT2D eigenvalue weighted by Gasteiger charge is 2.60. The second-order valence-corrected chi connectivity index (χ2v) is 10.9. The molecular weight excluding hydrogens is 354 g/mol. The van der Waals surface area contributed by atoms with Crippen molar-refractivity contribution in [3.8, 4) is 0 Å². The number of aliphatic hydroxyl groups is 1. The van der Waals surface area contributed by atoms with Crippen molar-refractivity contribution in [2.45, 2.75) is 84.7 Å². The summed E-state index contributed by atoms with van der Waals surface area (Å²) in [6, 6.07) is 0. The maximum absolute atomic E-state index is 10.2. The lowest BCUT2D eigenvalue weighted by Gasteiger charge is -2.61. The van der Waals surface area contributed by atoms with Crippen LogP contribution in [-0.4, -0.2) is 22.0 Å². The van der Waals surface area contributed by atoms with Crippen LogP contribution in [0.5, 0.6) is 0 Å². The van der Waals surface area contributed by atoms with Crippen LogP contribution in [0, 0.1) is 40.4 Å². The zero-order valence-electron chi connectivity index (χ0n) is 17.2. The number of hydrogen-bond donors (Lipinski definition) is 3. The van der Waals surface area contributed by atoms with Crippen LogP contribution in [0.25, 0.3) is 0 Å². The van der Waals surface area contributed by atoms with Crippen LogP contribution in [-0.2, 0) is 0 Å². The molecule has 5 heteroatoms. The Hall–Kier alpha value is -0.680. The number of fused-ring (bicyclic) bond motifs is 5. The predicted octanol–water partition coefficient (Wildman–Crippen LogP) is 4.22. The SMILES string of the molecule is CC(=NNC(N)=S)[C@H]1CC[C@H]2[C@H]3CC[C@H]4C[C@@H](O)CC[C@]4(C)[C@@H]3CC[C@]12C. The van der Waals surface area contributed by atoms with Gasteiger partial charge in [-0.3, -0.25) is 5.43 Å². The molecule has 0 aromatic carbocycles. The molecule has 4 aliphatic rings. The van der Waals surface area contributed by atoms with Crippen molar-refractivity contribution in [3.05, 3.63) is 0 Å². The highest BCUT2D eigenvalue weighted by atomic mass is 32.1. The molecule has 152 valence electrons. The van der Waals surface area contributed by atoms with Gasteiger partial charge in [-0.1, -0.05) is 13.8 Å². The average Bonchev–Trinajstić information content (AvgIpc) is 2.97. The third-order valence-electron chi connectivity index (χ3n) is 9.48. The van der Waals surface area contributed by atoms with Crippen LogP contribution in [0.4, 0.5) is 0 Å². The standard InChI is InChI=1S/C22H37N3OS/c1-13(24-25-20(23)27)17-6-7-18-16-5-4-14-12-15(26)8-10-21(14,2)19(16)9-11-22(17,18)3/h14-19,26H,4-12H2,1-3H3,(H3,23,25,27)/t14-,15-,16+,17+,18-,19+,21-,22+/m0/s1. The summed E-state index contributed by atoms with van der Waals surface area (Å²) in [5.74, 6) is 3.82. The van der Waals surface area contributed by atoms with Crippen LogP contribution in [0.2, 0.25) is 0 Å². The van der Waals surface area contributed by atoms with Gasteiger partial charge in [0, 0.05) is 11.6 Å². The molecule has 0 unspecified atom stereocenters. The molecule has 27 heavy (non-hydrogen) atoms. The smallest absolute Gasteiger partial charge is 0.184 e. The van der Waals surface area contributed by atoms with E-state index in [1.165, 1.54) is 50.7 Å². The third-order valence-corrected chi connectivity index (χ3v) is 9.58. The first-order valence-electron chi connectivity index (χ1n) is 11.0. The molecule has 4 fully saturated rings. The predicted molar refractivity (Wildman–Crippen MR) is 114 cm³/mol. The van der Waals surface area contributed by atoms with Gasteiger partial charge in [0.2, 0.25) is 0 Å². The molecule has 0 bridgehead atoms. The van der Waals surface area contributed by atoms with Crippen molar-refractivity contribution in [3.63, 3.8) is 0 Å². The zero-order valence-corrected chi connectivity index (χ0v) is 18.0. The van der Waals surface area contributed by atoms with E-state index in [9.17, 15) is 5.11 Å². The van der Waals surface area contributed by atoms with E-state index in [0.717, 1.165) is 36.5 Å². The van der Waals surface area contributed by atoms with Gasteiger partial charge >= 0.3 is 0 Å². The normalized spacial score (nSPS) is 49.7. The van der Waals surface area contributed by atoms with E-state index in [-0.39, 0.29) is 11.2 Å². The topological polar surface area (TPSA) is 70.6 Å². The molecule has 0 radical (unpaired) electrons. The first kappa shape index (κ1) is 19.6. The Bertz CT molecular complexity index is 637. The van der Waals surface area contributed by atoms with Gasteiger partial charge in [0.25, 0.3) is 0 Å². The van der Waals surface area contributed by atoms with Crippen molar-refractivity contribution in [2.75, 3.05) is 0 Å². The lowest BCUT2D eigenvalue weighted by molar-refractivity contribution is -0.123. The average molecular weight is 392 g/mol. The molecule has 4 rings (SSSR count). The minimum Gasteiger partial charge on any atom is -0.393 e. The Morgan fingerprint density at radius 3 is 2.48 bits per heavy atom. The molecule has 4 aliphatic carbocycles. The molecule has 0 amide bonds. The molecule has 4 N–H and O–H groups in total. The molecule has 4 nitrogen and oxygen atoms in total. The number of nitrogens with zero attached hydrogens (tertiary/aromatic N) is 1. The van der Waals surface area contributed by atoms with Gasteiger partial charge in [-0.25, -0.2) is 0 Å². The number of aliphatic hydroxyl groups excluding tert-OH is 1. The second kappa shape index (κ2) is 6.98. The minimum atomic E-state index is -0.0515. The second-order valence-electron chi connectivity index (χ2n) is 10.5. The van der Waals surface area contributed by atoms with Crippen LogP contribution in [0.1, 0.15) is 78.6 Å². The summed E-state index contributed by atoms with van der Waals surface area (Å²) in [6.07, 6.45) is 11.2. The largest absolute Gasteiger partial charge is 0.393 e. The Balaban J connectivity index is 1.55. The highest BCUT2D eigenvalue weighted by Crippen LogP contribution is 2.67. The number of rotatable bonds is 2. The molecule has 0 spiro atoms. The number of hydrazone groups is 1. The Morgan fingerprint density at radius 2 is 1.74 bits per heavy atom. The Morgan fingerprint density at radius 1 is 1.04 bits per heavy atom. The molecule has 0 aliphatic heterocycles. The van der Waals surface area contributed by atoms with Crippen molar-refractivity contribution >= 4 is 23.0 Å². The van der Waals surface area contributed by atoms with E-state index in [0.29, 0.717) is 16.7 Å². The summed E-state index contributed by atoms with van der Waals surface area (Å²) in [4.78, 5) is 0.